The molecule has 0 saturated heterocycles. The second kappa shape index (κ2) is 9.71. The van der Waals surface area contributed by atoms with Crippen LogP contribution in [-0.4, -0.2) is 12.8 Å². The maximum absolute atomic E-state index is 4.41. The van der Waals surface area contributed by atoms with Crippen LogP contribution in [0.15, 0.2) is 77.9 Å². The Balaban J connectivity index is 2.39. The van der Waals surface area contributed by atoms with Crippen LogP contribution < -0.4 is 0 Å². The van der Waals surface area contributed by atoms with Gasteiger partial charge in [-0.25, -0.2) is 0 Å². The lowest BCUT2D eigenvalue weighted by Crippen LogP contribution is -1.86. The zero-order valence-corrected chi connectivity index (χ0v) is 13.3. The summed E-state index contributed by atoms with van der Waals surface area (Å²) in [6, 6.07) is 8.26. The molecule has 0 amide bonds. The minimum atomic E-state index is 0.420. The van der Waals surface area contributed by atoms with Crippen LogP contribution in [0.5, 0.6) is 0 Å². The van der Waals surface area contributed by atoms with E-state index in [4.69, 9.17) is 0 Å². The standard InChI is InChI=1S/C20H25N/c1-5-17(2)15-18(3)11-7-6-10-14-21-16-20-13-9-8-12-19(20)4/h5-13,15-16,18H,1,14H2,2-4H3/b10-6-,11-7-,17-15+,21-16?. The van der Waals surface area contributed by atoms with Gasteiger partial charge >= 0.3 is 0 Å². The Morgan fingerprint density at radius 1 is 1.29 bits per heavy atom. The van der Waals surface area contributed by atoms with Gasteiger partial charge in [0.1, 0.15) is 0 Å². The fourth-order valence-corrected chi connectivity index (χ4v) is 1.86. The topological polar surface area (TPSA) is 12.4 Å². The molecule has 0 aliphatic heterocycles. The van der Waals surface area contributed by atoms with Crippen molar-refractivity contribution in [1.82, 2.24) is 0 Å². The Hall–Kier alpha value is -2.15. The third kappa shape index (κ3) is 7.26. The summed E-state index contributed by atoms with van der Waals surface area (Å²) in [7, 11) is 0. The molecule has 1 aromatic rings. The average Bonchev–Trinajstić information content (AvgIpc) is 2.47. The molecule has 1 atom stereocenters. The molecule has 0 radical (unpaired) electrons. The van der Waals surface area contributed by atoms with Crippen molar-refractivity contribution in [2.75, 3.05) is 6.54 Å². The molecule has 0 bridgehead atoms. The second-order valence-electron chi connectivity index (χ2n) is 5.14. The Kier molecular flexibility index (Phi) is 7.81. The molecule has 0 N–H and O–H groups in total. The van der Waals surface area contributed by atoms with E-state index < -0.39 is 0 Å². The van der Waals surface area contributed by atoms with E-state index >= 15 is 0 Å². The van der Waals surface area contributed by atoms with Gasteiger partial charge in [0.2, 0.25) is 0 Å². The predicted octanol–water partition coefficient (Wildman–Crippen LogP) is 5.29. The molecule has 0 spiro atoms. The summed E-state index contributed by atoms with van der Waals surface area (Å²) in [5.41, 5.74) is 3.64. The highest BCUT2D eigenvalue weighted by Gasteiger charge is 1.91. The van der Waals surface area contributed by atoms with Crippen molar-refractivity contribution in [3.8, 4) is 0 Å². The van der Waals surface area contributed by atoms with Crippen LogP contribution in [0.3, 0.4) is 0 Å². The highest BCUT2D eigenvalue weighted by Crippen LogP contribution is 2.05. The molecule has 21 heavy (non-hydrogen) atoms. The molecule has 0 aliphatic rings. The van der Waals surface area contributed by atoms with Crippen molar-refractivity contribution >= 4 is 6.21 Å². The largest absolute Gasteiger partial charge is 0.288 e. The summed E-state index contributed by atoms with van der Waals surface area (Å²) in [6.45, 7) is 10.8. The summed E-state index contributed by atoms with van der Waals surface area (Å²) in [5.74, 6) is 0.420. The number of nitrogens with zero attached hydrogens (tertiary/aromatic N) is 1. The van der Waals surface area contributed by atoms with E-state index in [2.05, 4.69) is 68.8 Å². The molecular weight excluding hydrogens is 254 g/mol. The minimum absolute atomic E-state index is 0.420. The molecular formula is C20H25N. The second-order valence-corrected chi connectivity index (χ2v) is 5.14. The average molecular weight is 279 g/mol. The van der Waals surface area contributed by atoms with Gasteiger partial charge in [-0.3, -0.25) is 4.99 Å². The first kappa shape index (κ1) is 16.9. The van der Waals surface area contributed by atoms with Crippen LogP contribution in [0.1, 0.15) is 25.0 Å². The zero-order valence-electron chi connectivity index (χ0n) is 13.3. The van der Waals surface area contributed by atoms with Crippen LogP contribution in [0.2, 0.25) is 0 Å². The normalized spacial score (nSPS) is 14.3. The van der Waals surface area contributed by atoms with Gasteiger partial charge in [0.25, 0.3) is 0 Å². The third-order valence-electron chi connectivity index (χ3n) is 3.14. The van der Waals surface area contributed by atoms with Gasteiger partial charge in [-0.05, 0) is 30.9 Å². The molecule has 1 rings (SSSR count). The van der Waals surface area contributed by atoms with Crippen molar-refractivity contribution in [1.29, 1.82) is 0 Å². The van der Waals surface area contributed by atoms with E-state index in [0.717, 1.165) is 0 Å². The van der Waals surface area contributed by atoms with Gasteiger partial charge < -0.3 is 0 Å². The quantitative estimate of drug-likeness (QED) is 0.475. The maximum atomic E-state index is 4.41. The van der Waals surface area contributed by atoms with E-state index in [-0.39, 0.29) is 0 Å². The van der Waals surface area contributed by atoms with Crippen molar-refractivity contribution in [2.24, 2.45) is 10.9 Å². The number of hydrogen-bond donors (Lipinski definition) is 0. The first-order valence-corrected chi connectivity index (χ1v) is 7.33. The van der Waals surface area contributed by atoms with Crippen molar-refractivity contribution in [2.45, 2.75) is 20.8 Å². The molecule has 0 heterocycles. The van der Waals surface area contributed by atoms with Gasteiger partial charge in [-0.15, -0.1) is 0 Å². The Morgan fingerprint density at radius 3 is 2.76 bits per heavy atom. The fraction of sp³-hybridized carbons (Fsp3) is 0.250. The first-order chi connectivity index (χ1) is 10.1. The third-order valence-corrected chi connectivity index (χ3v) is 3.14. The van der Waals surface area contributed by atoms with Gasteiger partial charge in [0.05, 0.1) is 6.54 Å². The molecule has 0 saturated carbocycles. The summed E-state index contributed by atoms with van der Waals surface area (Å²) >= 11 is 0. The highest BCUT2D eigenvalue weighted by molar-refractivity contribution is 5.81. The van der Waals surface area contributed by atoms with Crippen molar-refractivity contribution in [3.63, 3.8) is 0 Å². The summed E-state index contributed by atoms with van der Waals surface area (Å²) in [4.78, 5) is 4.41. The Bertz CT molecular complexity index is 559. The van der Waals surface area contributed by atoms with E-state index in [1.54, 1.807) is 0 Å². The maximum Gasteiger partial charge on any atom is 0.0573 e. The summed E-state index contributed by atoms with van der Waals surface area (Å²) in [6.07, 6.45) is 14.3. The number of hydrogen-bond acceptors (Lipinski definition) is 1. The fourth-order valence-electron chi connectivity index (χ4n) is 1.86. The Morgan fingerprint density at radius 2 is 2.05 bits per heavy atom. The van der Waals surface area contributed by atoms with Crippen molar-refractivity contribution in [3.05, 3.63) is 84.0 Å². The van der Waals surface area contributed by atoms with E-state index in [9.17, 15) is 0 Å². The van der Waals surface area contributed by atoms with Crippen LogP contribution in [0, 0.1) is 12.8 Å². The predicted molar refractivity (Wildman–Crippen MR) is 95.0 cm³/mol. The smallest absolute Gasteiger partial charge is 0.0573 e. The number of aliphatic imine (C=N–C) groups is 1. The van der Waals surface area contributed by atoms with Crippen molar-refractivity contribution < 1.29 is 0 Å². The molecule has 0 fully saturated rings. The zero-order chi connectivity index (χ0) is 15.5. The lowest BCUT2D eigenvalue weighted by Gasteiger charge is -1.98. The highest BCUT2D eigenvalue weighted by atomic mass is 14.7. The van der Waals surface area contributed by atoms with E-state index in [1.807, 2.05) is 30.5 Å². The molecule has 110 valence electrons. The molecule has 1 aromatic carbocycles. The lowest BCUT2D eigenvalue weighted by molar-refractivity contribution is 0.930. The van der Waals surface area contributed by atoms with E-state index in [1.165, 1.54) is 16.7 Å². The van der Waals surface area contributed by atoms with Gasteiger partial charge in [0, 0.05) is 6.21 Å². The first-order valence-electron chi connectivity index (χ1n) is 7.33. The van der Waals surface area contributed by atoms with Gasteiger partial charge in [-0.2, -0.15) is 0 Å². The van der Waals surface area contributed by atoms with Gasteiger partial charge in [-0.1, -0.05) is 79.8 Å². The SMILES string of the molecule is C=C/C(C)=C/C(C)/C=C\C=C/CN=Cc1ccccc1C. The monoisotopic (exact) mass is 279 g/mol. The van der Waals surface area contributed by atoms with Crippen LogP contribution in [0.4, 0.5) is 0 Å². The van der Waals surface area contributed by atoms with Gasteiger partial charge in [0.15, 0.2) is 0 Å². The number of allylic oxidation sites excluding steroid dienone is 6. The van der Waals surface area contributed by atoms with E-state index in [0.29, 0.717) is 12.5 Å². The molecule has 1 heteroatoms. The Labute approximate surface area is 129 Å². The molecule has 1 nitrogen and oxygen atoms in total. The molecule has 0 aliphatic carbocycles. The summed E-state index contributed by atoms with van der Waals surface area (Å²) in [5, 5.41) is 0. The number of benzene rings is 1. The molecule has 0 aromatic heterocycles. The molecule has 1 unspecified atom stereocenters. The number of aryl methyl sites for hydroxylation is 1. The van der Waals surface area contributed by atoms with Crippen LogP contribution in [0.25, 0.3) is 0 Å². The number of rotatable bonds is 7. The van der Waals surface area contributed by atoms with Crippen LogP contribution >= 0.6 is 0 Å². The minimum Gasteiger partial charge on any atom is -0.288 e. The summed E-state index contributed by atoms with van der Waals surface area (Å²) < 4.78 is 0. The lowest BCUT2D eigenvalue weighted by atomic mass is 10.1. The van der Waals surface area contributed by atoms with Crippen LogP contribution in [-0.2, 0) is 0 Å².